The zero-order valence-corrected chi connectivity index (χ0v) is 12.5. The van der Waals surface area contributed by atoms with Crippen LogP contribution in [0.3, 0.4) is 0 Å². The van der Waals surface area contributed by atoms with E-state index in [2.05, 4.69) is 14.7 Å². The molecule has 4 saturated heterocycles. The lowest BCUT2D eigenvalue weighted by Crippen LogP contribution is -2.79. The molecule has 9 nitrogen and oxygen atoms in total. The molecule has 0 radical (unpaired) electrons. The van der Waals surface area contributed by atoms with Crippen molar-refractivity contribution in [2.24, 2.45) is 7.05 Å². The van der Waals surface area contributed by atoms with E-state index in [1.165, 1.54) is 12.3 Å². The van der Waals surface area contributed by atoms with E-state index in [-0.39, 0.29) is 11.5 Å². The molecule has 1 aromatic heterocycles. The van der Waals surface area contributed by atoms with E-state index >= 15 is 0 Å². The van der Waals surface area contributed by atoms with Crippen LogP contribution in [0.4, 0.5) is 5.69 Å². The molecule has 0 N–H and O–H groups in total. The summed E-state index contributed by atoms with van der Waals surface area (Å²) in [6, 6.07) is 1.38. The number of quaternary nitrogens is 1. The molecule has 0 spiro atoms. The average molecular weight is 307 g/mol. The number of rotatable bonds is 4. The van der Waals surface area contributed by atoms with Gasteiger partial charge in [0.05, 0.1) is 36.8 Å². The zero-order valence-electron chi connectivity index (χ0n) is 12.5. The Kier molecular flexibility index (Phi) is 2.89. The number of aryl methyl sites for hydroxylation is 1. The second-order valence-corrected chi connectivity index (χ2v) is 6.74. The van der Waals surface area contributed by atoms with Crippen LogP contribution < -0.4 is 0 Å². The largest absolute Gasteiger partial charge is 0.342 e. The molecule has 0 atom stereocenters. The lowest BCUT2D eigenvalue weighted by Gasteiger charge is -2.60. The molecule has 5 heterocycles. The Hall–Kier alpha value is -1.81. The van der Waals surface area contributed by atoms with Crippen molar-refractivity contribution in [3.05, 3.63) is 28.1 Å². The highest BCUT2D eigenvalue weighted by atomic mass is 16.6. The Morgan fingerprint density at radius 2 is 1.77 bits per heavy atom. The maximum Gasteiger partial charge on any atom is 0.287 e. The second kappa shape index (κ2) is 4.59. The summed E-state index contributed by atoms with van der Waals surface area (Å²) in [7, 11) is 1.68. The molecule has 4 fully saturated rings. The Morgan fingerprint density at radius 1 is 1.23 bits per heavy atom. The van der Waals surface area contributed by atoms with Crippen molar-refractivity contribution in [3.63, 3.8) is 0 Å². The summed E-state index contributed by atoms with van der Waals surface area (Å²) in [5.74, 6) is -0.0267. The molecule has 5 rings (SSSR count). The van der Waals surface area contributed by atoms with E-state index in [1.54, 1.807) is 11.6 Å². The molecule has 9 heteroatoms. The number of nitro groups is 1. The third-order valence-electron chi connectivity index (χ3n) is 4.67. The Morgan fingerprint density at radius 3 is 2.23 bits per heavy atom. The van der Waals surface area contributed by atoms with Crippen LogP contribution in [0.15, 0.2) is 12.3 Å². The molecule has 22 heavy (non-hydrogen) atoms. The van der Waals surface area contributed by atoms with Gasteiger partial charge in [-0.25, -0.2) is 14.7 Å². The normalized spacial score (nSPS) is 35.8. The lowest BCUT2D eigenvalue weighted by molar-refractivity contribution is -0.973. The first-order chi connectivity index (χ1) is 10.4. The van der Waals surface area contributed by atoms with Crippen LogP contribution in [0.5, 0.6) is 0 Å². The molecule has 0 amide bonds. The van der Waals surface area contributed by atoms with Gasteiger partial charge in [-0.1, -0.05) is 0 Å². The molecular weight excluding hydrogens is 288 g/mol. The van der Waals surface area contributed by atoms with E-state index in [0.717, 1.165) is 40.0 Å². The van der Waals surface area contributed by atoms with Gasteiger partial charge < -0.3 is 4.57 Å². The van der Waals surface area contributed by atoms with Gasteiger partial charge in [0.15, 0.2) is 0 Å². The first kappa shape index (κ1) is 13.8. The third kappa shape index (κ3) is 2.13. The van der Waals surface area contributed by atoms with Gasteiger partial charge >= 0.3 is 0 Å². The van der Waals surface area contributed by atoms with Crippen LogP contribution in [0.25, 0.3) is 0 Å². The van der Waals surface area contributed by atoms with Crippen LogP contribution >= 0.6 is 0 Å². The van der Waals surface area contributed by atoms with Crippen molar-refractivity contribution in [1.29, 1.82) is 0 Å². The summed E-state index contributed by atoms with van der Waals surface area (Å²) in [5.41, 5.74) is 0.390. The molecule has 4 aliphatic rings. The highest BCUT2D eigenvalue weighted by molar-refractivity contribution is 5.96. The number of aromatic nitrogens is 1. The maximum atomic E-state index is 12.7. The van der Waals surface area contributed by atoms with Crippen LogP contribution in [0.2, 0.25) is 0 Å². The minimum atomic E-state index is -0.459. The molecule has 1 aromatic rings. The predicted octanol–water partition coefficient (Wildman–Crippen LogP) is -0.375. The van der Waals surface area contributed by atoms with Gasteiger partial charge in [0.1, 0.15) is 26.6 Å². The van der Waals surface area contributed by atoms with Crippen molar-refractivity contribution in [2.75, 3.05) is 46.6 Å². The van der Waals surface area contributed by atoms with Crippen molar-refractivity contribution < 1.29 is 14.2 Å². The van der Waals surface area contributed by atoms with E-state index in [0.29, 0.717) is 16.7 Å². The van der Waals surface area contributed by atoms with Crippen molar-refractivity contribution in [1.82, 2.24) is 19.3 Å². The van der Waals surface area contributed by atoms with E-state index in [9.17, 15) is 14.9 Å². The van der Waals surface area contributed by atoms with Gasteiger partial charge in [0.2, 0.25) is 5.78 Å². The molecule has 0 aliphatic carbocycles. The smallest absolute Gasteiger partial charge is 0.287 e. The SMILES string of the molecule is Cn1cc([N+](=O)[O-])cc1C(=O)C[N+]12CN3CN(CN(C3)C1)C2. The summed E-state index contributed by atoms with van der Waals surface area (Å²) in [6.45, 7) is 5.95. The molecule has 4 aliphatic heterocycles. The Labute approximate surface area is 127 Å². The predicted molar refractivity (Wildman–Crippen MR) is 76.2 cm³/mol. The summed E-state index contributed by atoms with van der Waals surface area (Å²) in [6.07, 6.45) is 1.40. The Bertz CT molecular complexity index is 619. The fourth-order valence-electron chi connectivity index (χ4n) is 4.12. The number of Topliss-reactive ketones (excluding diaryl/α,β-unsaturated/α-hetero) is 1. The molecule has 0 unspecified atom stereocenters. The molecule has 0 aromatic carbocycles. The third-order valence-corrected chi connectivity index (χ3v) is 4.67. The van der Waals surface area contributed by atoms with Crippen molar-refractivity contribution in [2.45, 2.75) is 0 Å². The highest BCUT2D eigenvalue weighted by Gasteiger charge is 2.49. The number of nitrogens with zero attached hydrogens (tertiary/aromatic N) is 6. The van der Waals surface area contributed by atoms with Crippen molar-refractivity contribution >= 4 is 11.5 Å². The lowest BCUT2D eigenvalue weighted by atomic mass is 10.2. The molecule has 118 valence electrons. The standard InChI is InChI=1S/C13H19N6O3/c1-14-3-11(18(21)22)2-12(14)13(20)4-19-8-15-5-16(9-19)7-17(6-15)10-19/h2-3H,4-10H2,1H3/q+1. The van der Waals surface area contributed by atoms with Gasteiger partial charge in [0.25, 0.3) is 5.69 Å². The van der Waals surface area contributed by atoms with Gasteiger partial charge in [-0.3, -0.25) is 19.4 Å². The zero-order chi connectivity index (χ0) is 15.5. The first-order valence-electron chi connectivity index (χ1n) is 7.30. The van der Waals surface area contributed by atoms with Gasteiger partial charge in [-0.15, -0.1) is 0 Å². The van der Waals surface area contributed by atoms with Gasteiger partial charge in [0, 0.05) is 13.1 Å². The number of hydrogen-bond donors (Lipinski definition) is 0. The van der Waals surface area contributed by atoms with Crippen LogP contribution in [-0.4, -0.2) is 81.0 Å². The monoisotopic (exact) mass is 307 g/mol. The van der Waals surface area contributed by atoms with Gasteiger partial charge in [-0.2, -0.15) is 0 Å². The Balaban J connectivity index is 1.56. The number of ketones is 1. The molecule has 4 bridgehead atoms. The van der Waals surface area contributed by atoms with Crippen LogP contribution in [0.1, 0.15) is 10.5 Å². The minimum absolute atomic E-state index is 0.0267. The summed E-state index contributed by atoms with van der Waals surface area (Å²) in [5, 5.41) is 10.9. The molecule has 0 saturated carbocycles. The van der Waals surface area contributed by atoms with Crippen LogP contribution in [0, 0.1) is 10.1 Å². The number of hydrogen-bond acceptors (Lipinski definition) is 6. The second-order valence-electron chi connectivity index (χ2n) is 6.74. The number of carbonyl (C=O) groups is 1. The minimum Gasteiger partial charge on any atom is -0.342 e. The van der Waals surface area contributed by atoms with Gasteiger partial charge in [-0.05, 0) is 0 Å². The quantitative estimate of drug-likeness (QED) is 0.327. The van der Waals surface area contributed by atoms with E-state index in [4.69, 9.17) is 0 Å². The van der Waals surface area contributed by atoms with E-state index in [1.807, 2.05) is 0 Å². The maximum absolute atomic E-state index is 12.7. The fraction of sp³-hybridized carbons (Fsp3) is 0.615. The average Bonchev–Trinajstić information content (AvgIpc) is 2.79. The highest BCUT2D eigenvalue weighted by Crippen LogP contribution is 2.29. The molecular formula is C13H19N6O3+. The van der Waals surface area contributed by atoms with E-state index < -0.39 is 4.92 Å². The topological polar surface area (TPSA) is 74.9 Å². The van der Waals surface area contributed by atoms with Crippen molar-refractivity contribution in [3.8, 4) is 0 Å². The first-order valence-corrected chi connectivity index (χ1v) is 7.30. The summed E-state index contributed by atoms with van der Waals surface area (Å²) in [4.78, 5) is 30.1. The fourth-order valence-corrected chi connectivity index (χ4v) is 4.12. The van der Waals surface area contributed by atoms with Crippen LogP contribution in [-0.2, 0) is 7.05 Å². The summed E-state index contributed by atoms with van der Waals surface area (Å²) >= 11 is 0. The number of carbonyl (C=O) groups excluding carboxylic acids is 1. The summed E-state index contributed by atoms with van der Waals surface area (Å²) < 4.78 is 2.27.